The Hall–Kier alpha value is -3.13. The molecule has 4 rings (SSSR count). The number of anilines is 1. The minimum absolute atomic E-state index is 0.0494. The highest BCUT2D eigenvalue weighted by atomic mass is 16.2. The van der Waals surface area contributed by atoms with Crippen molar-refractivity contribution in [2.75, 3.05) is 24.5 Å². The first-order chi connectivity index (χ1) is 13.2. The Labute approximate surface area is 158 Å². The monoisotopic (exact) mass is 359 g/mol. The van der Waals surface area contributed by atoms with Crippen molar-refractivity contribution in [1.82, 2.24) is 4.90 Å². The Morgan fingerprint density at radius 1 is 1.15 bits per heavy atom. The summed E-state index contributed by atoms with van der Waals surface area (Å²) >= 11 is 0. The number of nitriles is 1. The van der Waals surface area contributed by atoms with Gasteiger partial charge in [0.1, 0.15) is 0 Å². The van der Waals surface area contributed by atoms with E-state index in [1.807, 2.05) is 28.0 Å². The van der Waals surface area contributed by atoms with Crippen LogP contribution >= 0.6 is 0 Å². The second-order valence-corrected chi connectivity index (χ2v) is 7.13. The summed E-state index contributed by atoms with van der Waals surface area (Å²) in [5.41, 5.74) is 3.25. The van der Waals surface area contributed by atoms with E-state index in [0.29, 0.717) is 24.1 Å². The normalized spacial score (nSPS) is 18.5. The van der Waals surface area contributed by atoms with Crippen molar-refractivity contribution in [1.29, 1.82) is 5.26 Å². The quantitative estimate of drug-likeness (QED) is 0.841. The van der Waals surface area contributed by atoms with Gasteiger partial charge in [0, 0.05) is 43.2 Å². The second-order valence-electron chi connectivity index (χ2n) is 7.13. The molecule has 0 spiro atoms. The van der Waals surface area contributed by atoms with Crippen LogP contribution in [0, 0.1) is 11.3 Å². The predicted molar refractivity (Wildman–Crippen MR) is 102 cm³/mol. The molecule has 0 saturated carbocycles. The molecule has 0 radical (unpaired) electrons. The number of likely N-dealkylation sites (tertiary alicyclic amines) is 1. The van der Waals surface area contributed by atoms with Crippen LogP contribution < -0.4 is 4.90 Å². The topological polar surface area (TPSA) is 64.4 Å². The third-order valence-corrected chi connectivity index (χ3v) is 5.50. The van der Waals surface area contributed by atoms with Crippen LogP contribution in [0.15, 0.2) is 48.5 Å². The third kappa shape index (κ3) is 3.31. The molecule has 1 saturated heterocycles. The Kier molecular flexibility index (Phi) is 4.64. The first-order valence-electron chi connectivity index (χ1n) is 9.36. The maximum absolute atomic E-state index is 13.0. The molecule has 27 heavy (non-hydrogen) atoms. The van der Waals surface area contributed by atoms with E-state index in [2.05, 4.69) is 12.1 Å². The number of hydrogen-bond acceptors (Lipinski definition) is 3. The average Bonchev–Trinajstić information content (AvgIpc) is 3.29. The maximum atomic E-state index is 13.0. The van der Waals surface area contributed by atoms with Crippen molar-refractivity contribution < 1.29 is 9.59 Å². The molecular formula is C22H21N3O2. The van der Waals surface area contributed by atoms with Crippen LogP contribution in [0.4, 0.5) is 5.69 Å². The van der Waals surface area contributed by atoms with Crippen LogP contribution in [0.2, 0.25) is 0 Å². The average molecular weight is 359 g/mol. The van der Waals surface area contributed by atoms with Gasteiger partial charge in [0.15, 0.2) is 0 Å². The molecule has 136 valence electrons. The van der Waals surface area contributed by atoms with Gasteiger partial charge in [-0.05, 0) is 48.7 Å². The van der Waals surface area contributed by atoms with Gasteiger partial charge in [0.25, 0.3) is 5.91 Å². The molecule has 0 bridgehead atoms. The molecule has 0 aromatic heterocycles. The number of benzene rings is 2. The number of rotatable bonds is 4. The van der Waals surface area contributed by atoms with Crippen molar-refractivity contribution in [3.8, 4) is 6.07 Å². The first-order valence-corrected chi connectivity index (χ1v) is 9.36. The fourth-order valence-electron chi connectivity index (χ4n) is 4.03. The Morgan fingerprint density at radius 3 is 2.63 bits per heavy atom. The highest BCUT2D eigenvalue weighted by Gasteiger charge is 2.33. The lowest BCUT2D eigenvalue weighted by atomic mass is 9.98. The maximum Gasteiger partial charge on any atom is 0.258 e. The van der Waals surface area contributed by atoms with E-state index in [4.69, 9.17) is 5.26 Å². The first kappa shape index (κ1) is 17.3. The summed E-state index contributed by atoms with van der Waals surface area (Å²) in [6.07, 6.45) is 2.47. The molecule has 2 heterocycles. The van der Waals surface area contributed by atoms with Crippen molar-refractivity contribution in [3.63, 3.8) is 0 Å². The Morgan fingerprint density at radius 2 is 1.93 bits per heavy atom. The summed E-state index contributed by atoms with van der Waals surface area (Å²) in [4.78, 5) is 28.7. The minimum Gasteiger partial charge on any atom is -0.343 e. The summed E-state index contributed by atoms with van der Waals surface area (Å²) in [7, 11) is 0. The molecule has 1 atom stereocenters. The number of amides is 2. The second kappa shape index (κ2) is 7.24. The lowest BCUT2D eigenvalue weighted by molar-refractivity contribution is -0.127. The summed E-state index contributed by atoms with van der Waals surface area (Å²) in [5, 5.41) is 8.94. The number of fused-ring (bicyclic) bond motifs is 1. The minimum atomic E-state index is -0.0494. The summed E-state index contributed by atoms with van der Waals surface area (Å²) < 4.78 is 0. The van der Waals surface area contributed by atoms with Crippen LogP contribution in [0.1, 0.15) is 46.7 Å². The van der Waals surface area contributed by atoms with E-state index in [1.165, 1.54) is 5.56 Å². The zero-order valence-electron chi connectivity index (χ0n) is 15.1. The van der Waals surface area contributed by atoms with Crippen LogP contribution in [0.3, 0.4) is 0 Å². The van der Waals surface area contributed by atoms with Gasteiger partial charge in [-0.2, -0.15) is 5.26 Å². The third-order valence-electron chi connectivity index (χ3n) is 5.50. The van der Waals surface area contributed by atoms with Gasteiger partial charge in [-0.1, -0.05) is 18.2 Å². The lowest BCUT2D eigenvalue weighted by Gasteiger charge is -2.20. The van der Waals surface area contributed by atoms with Crippen LogP contribution in [-0.4, -0.2) is 36.3 Å². The largest absolute Gasteiger partial charge is 0.343 e. The number of hydrogen-bond donors (Lipinski definition) is 0. The van der Waals surface area contributed by atoms with Gasteiger partial charge in [-0.25, -0.2) is 0 Å². The molecular weight excluding hydrogens is 338 g/mol. The van der Waals surface area contributed by atoms with Gasteiger partial charge in [0.2, 0.25) is 5.91 Å². The molecule has 5 heteroatoms. The molecule has 2 aliphatic heterocycles. The molecule has 2 aliphatic rings. The van der Waals surface area contributed by atoms with Gasteiger partial charge < -0.3 is 9.80 Å². The van der Waals surface area contributed by atoms with Crippen LogP contribution in [0.5, 0.6) is 0 Å². The van der Waals surface area contributed by atoms with Gasteiger partial charge >= 0.3 is 0 Å². The standard InChI is InChI=1S/C22H21N3O2/c23-14-16-7-9-17(10-8-16)22(27)25-15-18(19-4-1-2-5-20(19)25)11-13-24-12-3-6-21(24)26/h1-2,4-5,7-10,18H,3,6,11-13,15H2. The molecule has 1 unspecified atom stereocenters. The van der Waals surface area contributed by atoms with Gasteiger partial charge in [-0.15, -0.1) is 0 Å². The zero-order chi connectivity index (χ0) is 18.8. The molecule has 5 nitrogen and oxygen atoms in total. The SMILES string of the molecule is N#Cc1ccc(C(=O)N2CC(CCN3CCCC3=O)c3ccccc32)cc1. The van der Waals surface area contributed by atoms with E-state index in [9.17, 15) is 9.59 Å². The van der Waals surface area contributed by atoms with Crippen LogP contribution in [0.25, 0.3) is 0 Å². The fourth-order valence-corrected chi connectivity index (χ4v) is 4.03. The number of para-hydroxylation sites is 1. The number of carbonyl (C=O) groups is 2. The Bertz CT molecular complexity index is 914. The van der Waals surface area contributed by atoms with Crippen LogP contribution in [-0.2, 0) is 4.79 Å². The highest BCUT2D eigenvalue weighted by molar-refractivity contribution is 6.07. The summed E-state index contributed by atoms with van der Waals surface area (Å²) in [6, 6.07) is 16.9. The highest BCUT2D eigenvalue weighted by Crippen LogP contribution is 2.39. The van der Waals surface area contributed by atoms with Crippen molar-refractivity contribution in [2.24, 2.45) is 0 Å². The molecule has 2 amide bonds. The molecule has 2 aromatic carbocycles. The van der Waals surface area contributed by atoms with E-state index in [-0.39, 0.29) is 17.7 Å². The summed E-state index contributed by atoms with van der Waals surface area (Å²) in [6.45, 7) is 2.22. The van der Waals surface area contributed by atoms with E-state index in [0.717, 1.165) is 31.6 Å². The van der Waals surface area contributed by atoms with E-state index in [1.54, 1.807) is 24.3 Å². The van der Waals surface area contributed by atoms with E-state index >= 15 is 0 Å². The van der Waals surface area contributed by atoms with Gasteiger partial charge in [-0.3, -0.25) is 9.59 Å². The smallest absolute Gasteiger partial charge is 0.258 e. The summed E-state index contributed by atoms with van der Waals surface area (Å²) in [5.74, 6) is 0.426. The molecule has 1 fully saturated rings. The predicted octanol–water partition coefficient (Wildman–Crippen LogP) is 3.31. The van der Waals surface area contributed by atoms with Crippen molar-refractivity contribution in [2.45, 2.75) is 25.2 Å². The fraction of sp³-hybridized carbons (Fsp3) is 0.318. The van der Waals surface area contributed by atoms with Crippen molar-refractivity contribution in [3.05, 3.63) is 65.2 Å². The van der Waals surface area contributed by atoms with E-state index < -0.39 is 0 Å². The lowest BCUT2D eigenvalue weighted by Crippen LogP contribution is -2.31. The molecule has 0 aliphatic carbocycles. The van der Waals surface area contributed by atoms with Crippen molar-refractivity contribution >= 4 is 17.5 Å². The zero-order valence-corrected chi connectivity index (χ0v) is 15.1. The molecule has 2 aromatic rings. The number of nitrogens with zero attached hydrogens (tertiary/aromatic N) is 3. The molecule has 0 N–H and O–H groups in total. The Balaban J connectivity index is 1.53. The van der Waals surface area contributed by atoms with Gasteiger partial charge in [0.05, 0.1) is 11.6 Å². The number of carbonyl (C=O) groups excluding carboxylic acids is 2.